The third kappa shape index (κ3) is 3.82. The first-order valence-electron chi connectivity index (χ1n) is 5.62. The SMILES string of the molecule is CCC[C@@H](C)COc1ccc(N)c(C)c1. The number of hydrogen-bond donors (Lipinski definition) is 1. The number of benzene rings is 1. The Morgan fingerprint density at radius 3 is 2.73 bits per heavy atom. The fourth-order valence-corrected chi connectivity index (χ4v) is 1.55. The molecule has 0 saturated heterocycles. The summed E-state index contributed by atoms with van der Waals surface area (Å²) in [6.07, 6.45) is 2.43. The summed E-state index contributed by atoms with van der Waals surface area (Å²) >= 11 is 0. The molecule has 0 saturated carbocycles. The number of anilines is 1. The molecule has 1 atom stereocenters. The van der Waals surface area contributed by atoms with Gasteiger partial charge in [-0.2, -0.15) is 0 Å². The van der Waals surface area contributed by atoms with Crippen LogP contribution >= 0.6 is 0 Å². The zero-order valence-corrected chi connectivity index (χ0v) is 9.92. The Morgan fingerprint density at radius 2 is 2.13 bits per heavy atom. The van der Waals surface area contributed by atoms with Crippen LogP contribution in [-0.4, -0.2) is 6.61 Å². The number of rotatable bonds is 5. The minimum Gasteiger partial charge on any atom is -0.493 e. The molecule has 0 fully saturated rings. The first-order chi connectivity index (χ1) is 7.13. The molecule has 0 amide bonds. The van der Waals surface area contributed by atoms with Gasteiger partial charge in [0.15, 0.2) is 0 Å². The van der Waals surface area contributed by atoms with Crippen molar-refractivity contribution < 1.29 is 4.74 Å². The Bertz CT molecular complexity index is 309. The smallest absolute Gasteiger partial charge is 0.119 e. The van der Waals surface area contributed by atoms with Crippen molar-refractivity contribution in [2.45, 2.75) is 33.6 Å². The van der Waals surface area contributed by atoms with Crippen molar-refractivity contribution in [3.8, 4) is 5.75 Å². The number of hydrogen-bond acceptors (Lipinski definition) is 2. The third-order valence-electron chi connectivity index (χ3n) is 2.56. The summed E-state index contributed by atoms with van der Waals surface area (Å²) in [6.45, 7) is 7.20. The Balaban J connectivity index is 2.47. The third-order valence-corrected chi connectivity index (χ3v) is 2.56. The van der Waals surface area contributed by atoms with E-state index >= 15 is 0 Å². The monoisotopic (exact) mass is 207 g/mol. The van der Waals surface area contributed by atoms with Gasteiger partial charge >= 0.3 is 0 Å². The van der Waals surface area contributed by atoms with Gasteiger partial charge in [0.05, 0.1) is 6.61 Å². The minimum absolute atomic E-state index is 0.618. The second kappa shape index (κ2) is 5.64. The van der Waals surface area contributed by atoms with Gasteiger partial charge in [-0.15, -0.1) is 0 Å². The first kappa shape index (κ1) is 11.9. The van der Waals surface area contributed by atoms with E-state index in [0.717, 1.165) is 23.6 Å². The molecule has 0 aliphatic rings. The molecule has 2 N–H and O–H groups in total. The number of nitrogen functional groups attached to an aromatic ring is 1. The van der Waals surface area contributed by atoms with Gasteiger partial charge in [0.2, 0.25) is 0 Å². The highest BCUT2D eigenvalue weighted by Crippen LogP contribution is 2.19. The summed E-state index contributed by atoms with van der Waals surface area (Å²) in [7, 11) is 0. The zero-order valence-electron chi connectivity index (χ0n) is 9.92. The second-order valence-electron chi connectivity index (χ2n) is 4.22. The van der Waals surface area contributed by atoms with Crippen molar-refractivity contribution in [1.82, 2.24) is 0 Å². The molecule has 15 heavy (non-hydrogen) atoms. The summed E-state index contributed by atoms with van der Waals surface area (Å²) in [5, 5.41) is 0. The molecule has 0 aromatic heterocycles. The molecule has 1 aromatic carbocycles. The maximum Gasteiger partial charge on any atom is 0.119 e. The van der Waals surface area contributed by atoms with Gasteiger partial charge in [0, 0.05) is 5.69 Å². The van der Waals surface area contributed by atoms with Crippen molar-refractivity contribution in [2.24, 2.45) is 5.92 Å². The van der Waals surface area contributed by atoms with Gasteiger partial charge in [-0.05, 0) is 43.0 Å². The highest BCUT2D eigenvalue weighted by Gasteiger charge is 2.02. The second-order valence-corrected chi connectivity index (χ2v) is 4.22. The molecule has 0 spiro atoms. The predicted molar refractivity (Wildman–Crippen MR) is 65.2 cm³/mol. The standard InChI is InChI=1S/C13H21NO/c1-4-5-10(2)9-15-12-6-7-13(14)11(3)8-12/h6-8,10H,4-5,9,14H2,1-3H3/t10-/m1/s1. The van der Waals surface area contributed by atoms with E-state index in [9.17, 15) is 0 Å². The average Bonchev–Trinajstić information content (AvgIpc) is 2.20. The lowest BCUT2D eigenvalue weighted by Gasteiger charge is -2.12. The molecular formula is C13H21NO. The van der Waals surface area contributed by atoms with Crippen molar-refractivity contribution in [3.63, 3.8) is 0 Å². The van der Waals surface area contributed by atoms with Gasteiger partial charge in [0.1, 0.15) is 5.75 Å². The Morgan fingerprint density at radius 1 is 1.40 bits per heavy atom. The van der Waals surface area contributed by atoms with Crippen LogP contribution in [0, 0.1) is 12.8 Å². The average molecular weight is 207 g/mol. The van der Waals surface area contributed by atoms with Gasteiger partial charge in [-0.25, -0.2) is 0 Å². The lowest BCUT2D eigenvalue weighted by Crippen LogP contribution is -2.08. The van der Waals surface area contributed by atoms with E-state index in [2.05, 4.69) is 13.8 Å². The zero-order chi connectivity index (χ0) is 11.3. The van der Waals surface area contributed by atoms with Gasteiger partial charge in [-0.1, -0.05) is 20.3 Å². The van der Waals surface area contributed by atoms with Crippen molar-refractivity contribution >= 4 is 5.69 Å². The van der Waals surface area contributed by atoms with Crippen molar-refractivity contribution in [2.75, 3.05) is 12.3 Å². The van der Waals surface area contributed by atoms with E-state index in [1.54, 1.807) is 0 Å². The Kier molecular flexibility index (Phi) is 4.47. The summed E-state index contributed by atoms with van der Waals surface area (Å²) in [4.78, 5) is 0. The molecule has 0 unspecified atom stereocenters. The highest BCUT2D eigenvalue weighted by atomic mass is 16.5. The number of ether oxygens (including phenoxy) is 1. The number of aryl methyl sites for hydroxylation is 1. The van der Waals surface area contributed by atoms with E-state index in [-0.39, 0.29) is 0 Å². The molecule has 2 nitrogen and oxygen atoms in total. The molecule has 0 aliphatic heterocycles. The topological polar surface area (TPSA) is 35.2 Å². The molecule has 1 aromatic rings. The van der Waals surface area contributed by atoms with Crippen LogP contribution < -0.4 is 10.5 Å². The summed E-state index contributed by atoms with van der Waals surface area (Å²) < 4.78 is 5.70. The van der Waals surface area contributed by atoms with E-state index < -0.39 is 0 Å². The van der Waals surface area contributed by atoms with Crippen molar-refractivity contribution in [1.29, 1.82) is 0 Å². The number of nitrogens with two attached hydrogens (primary N) is 1. The molecule has 0 bridgehead atoms. The lowest BCUT2D eigenvalue weighted by molar-refractivity contribution is 0.251. The fourth-order valence-electron chi connectivity index (χ4n) is 1.55. The normalized spacial score (nSPS) is 12.5. The van der Waals surface area contributed by atoms with Gasteiger partial charge < -0.3 is 10.5 Å². The van der Waals surface area contributed by atoms with Crippen molar-refractivity contribution in [3.05, 3.63) is 23.8 Å². The van der Waals surface area contributed by atoms with Gasteiger partial charge in [0.25, 0.3) is 0 Å². The minimum atomic E-state index is 0.618. The Hall–Kier alpha value is -1.18. The fraction of sp³-hybridized carbons (Fsp3) is 0.538. The highest BCUT2D eigenvalue weighted by molar-refractivity contribution is 5.49. The van der Waals surface area contributed by atoms with E-state index in [1.165, 1.54) is 12.8 Å². The molecule has 0 aliphatic carbocycles. The summed E-state index contributed by atoms with van der Waals surface area (Å²) in [5.74, 6) is 1.54. The molecule has 0 heterocycles. The van der Waals surface area contributed by atoms with Crippen LogP contribution in [0.2, 0.25) is 0 Å². The largest absolute Gasteiger partial charge is 0.493 e. The summed E-state index contributed by atoms with van der Waals surface area (Å²) in [6, 6.07) is 5.82. The Labute approximate surface area is 92.4 Å². The quantitative estimate of drug-likeness (QED) is 0.751. The summed E-state index contributed by atoms with van der Waals surface area (Å²) in [5.41, 5.74) is 7.64. The maximum atomic E-state index is 5.74. The lowest BCUT2D eigenvalue weighted by atomic mass is 10.1. The van der Waals surface area contributed by atoms with E-state index in [1.807, 2.05) is 25.1 Å². The van der Waals surface area contributed by atoms with Gasteiger partial charge in [-0.3, -0.25) is 0 Å². The maximum absolute atomic E-state index is 5.74. The first-order valence-corrected chi connectivity index (χ1v) is 5.62. The molecule has 1 rings (SSSR count). The molecular weight excluding hydrogens is 186 g/mol. The predicted octanol–water partition coefficient (Wildman–Crippen LogP) is 3.39. The molecule has 0 radical (unpaired) electrons. The van der Waals surface area contributed by atoms with Crippen LogP contribution in [0.15, 0.2) is 18.2 Å². The van der Waals surface area contributed by atoms with E-state index in [4.69, 9.17) is 10.5 Å². The van der Waals surface area contributed by atoms with E-state index in [0.29, 0.717) is 5.92 Å². The molecule has 84 valence electrons. The van der Waals surface area contributed by atoms with Crippen LogP contribution in [-0.2, 0) is 0 Å². The van der Waals surface area contributed by atoms with Crippen LogP contribution in [0.4, 0.5) is 5.69 Å². The molecule has 2 heteroatoms. The van der Waals surface area contributed by atoms with Crippen LogP contribution in [0.5, 0.6) is 5.75 Å². The van der Waals surface area contributed by atoms with Crippen LogP contribution in [0.25, 0.3) is 0 Å². The van der Waals surface area contributed by atoms with Crippen LogP contribution in [0.3, 0.4) is 0 Å². The van der Waals surface area contributed by atoms with Crippen LogP contribution in [0.1, 0.15) is 32.3 Å².